The summed E-state index contributed by atoms with van der Waals surface area (Å²) in [6.45, 7) is 18.9. The fourth-order valence-corrected chi connectivity index (χ4v) is 4.22. The second kappa shape index (κ2) is 7.40. The van der Waals surface area contributed by atoms with Gasteiger partial charge >= 0.3 is 0 Å². The van der Waals surface area contributed by atoms with Gasteiger partial charge in [0.15, 0.2) is 0 Å². The summed E-state index contributed by atoms with van der Waals surface area (Å²) in [6, 6.07) is 0.861. The molecule has 0 radical (unpaired) electrons. The Balaban J connectivity index is 1.31. The van der Waals surface area contributed by atoms with Crippen LogP contribution >= 0.6 is 0 Å². The van der Waals surface area contributed by atoms with Gasteiger partial charge < -0.3 is 9.80 Å². The molecule has 0 saturated carbocycles. The predicted molar refractivity (Wildman–Crippen MR) is 88.8 cm³/mol. The zero-order chi connectivity index (χ0) is 14.7. The van der Waals surface area contributed by atoms with Crippen LogP contribution in [0, 0.1) is 5.92 Å². The molecule has 0 amide bonds. The fraction of sp³-hybridized carbons (Fsp3) is 1.00. The van der Waals surface area contributed by atoms with Gasteiger partial charge in [0, 0.05) is 51.9 Å². The van der Waals surface area contributed by atoms with Crippen molar-refractivity contribution in [2.75, 3.05) is 72.0 Å². The van der Waals surface area contributed by atoms with E-state index in [1.807, 2.05) is 0 Å². The lowest BCUT2D eigenvalue weighted by molar-refractivity contribution is -0.00565. The highest BCUT2D eigenvalue weighted by molar-refractivity contribution is 4.91. The van der Waals surface area contributed by atoms with E-state index in [-0.39, 0.29) is 0 Å². The number of piperidine rings is 1. The Kier molecular flexibility index (Phi) is 5.54. The maximum atomic E-state index is 2.74. The van der Waals surface area contributed by atoms with Crippen LogP contribution in [0.5, 0.6) is 0 Å². The van der Waals surface area contributed by atoms with Gasteiger partial charge in [0.05, 0.1) is 0 Å². The van der Waals surface area contributed by atoms with E-state index in [2.05, 4.69) is 33.4 Å². The Bertz CT molecular complexity index is 300. The average Bonchev–Trinajstić information content (AvgIpc) is 2.51. The summed E-state index contributed by atoms with van der Waals surface area (Å²) in [7, 11) is 0. The van der Waals surface area contributed by atoms with E-state index in [0.717, 1.165) is 12.0 Å². The van der Waals surface area contributed by atoms with Crippen LogP contribution in [0.1, 0.15) is 26.7 Å². The predicted octanol–water partition coefficient (Wildman–Crippen LogP) is 1.04. The van der Waals surface area contributed by atoms with Crippen LogP contribution in [0.3, 0.4) is 0 Å². The molecular weight excluding hydrogens is 260 g/mol. The van der Waals surface area contributed by atoms with Gasteiger partial charge in [0.1, 0.15) is 0 Å². The summed E-state index contributed by atoms with van der Waals surface area (Å²) in [5, 5.41) is 0. The van der Waals surface area contributed by atoms with Gasteiger partial charge in [-0.2, -0.15) is 0 Å². The van der Waals surface area contributed by atoms with Gasteiger partial charge in [-0.15, -0.1) is 0 Å². The summed E-state index contributed by atoms with van der Waals surface area (Å²) in [5.41, 5.74) is 0. The second-order valence-electron chi connectivity index (χ2n) is 7.22. The molecule has 0 spiro atoms. The van der Waals surface area contributed by atoms with Crippen molar-refractivity contribution in [3.8, 4) is 0 Å². The third-order valence-electron chi connectivity index (χ3n) is 5.98. The minimum Gasteiger partial charge on any atom is -0.304 e. The summed E-state index contributed by atoms with van der Waals surface area (Å²) < 4.78 is 0. The van der Waals surface area contributed by atoms with Crippen LogP contribution in [0.25, 0.3) is 0 Å². The molecule has 4 heteroatoms. The van der Waals surface area contributed by atoms with E-state index < -0.39 is 0 Å². The summed E-state index contributed by atoms with van der Waals surface area (Å²) >= 11 is 0. The third kappa shape index (κ3) is 3.98. The second-order valence-corrected chi connectivity index (χ2v) is 7.22. The van der Waals surface area contributed by atoms with E-state index in [1.165, 1.54) is 84.8 Å². The van der Waals surface area contributed by atoms with Gasteiger partial charge in [0.25, 0.3) is 0 Å². The quantitative estimate of drug-likeness (QED) is 0.751. The Morgan fingerprint density at radius 3 is 1.86 bits per heavy atom. The highest BCUT2D eigenvalue weighted by atomic mass is 15.3. The molecule has 0 N–H and O–H groups in total. The fourth-order valence-electron chi connectivity index (χ4n) is 4.22. The van der Waals surface area contributed by atoms with Crippen LogP contribution < -0.4 is 0 Å². The average molecular weight is 294 g/mol. The Hall–Kier alpha value is -0.160. The maximum absolute atomic E-state index is 2.74. The smallest absolute Gasteiger partial charge is 0.0351 e. The molecule has 3 saturated heterocycles. The first-order valence-corrected chi connectivity index (χ1v) is 9.19. The van der Waals surface area contributed by atoms with Crippen molar-refractivity contribution in [2.24, 2.45) is 5.92 Å². The zero-order valence-corrected chi connectivity index (χ0v) is 14.1. The van der Waals surface area contributed by atoms with Crippen LogP contribution in [-0.4, -0.2) is 97.6 Å². The molecule has 3 aliphatic rings. The maximum Gasteiger partial charge on any atom is 0.0351 e. The van der Waals surface area contributed by atoms with E-state index in [0.29, 0.717) is 0 Å². The number of piperazine rings is 1. The van der Waals surface area contributed by atoms with Crippen molar-refractivity contribution in [1.82, 2.24) is 19.6 Å². The first-order chi connectivity index (χ1) is 10.3. The van der Waals surface area contributed by atoms with Crippen LogP contribution in [0.4, 0.5) is 0 Å². The zero-order valence-electron chi connectivity index (χ0n) is 14.1. The topological polar surface area (TPSA) is 13.0 Å². The number of rotatable bonds is 5. The molecule has 0 aliphatic carbocycles. The van der Waals surface area contributed by atoms with Crippen molar-refractivity contribution in [1.29, 1.82) is 0 Å². The SMILES string of the molecule is CCN1CCC(CN2CC(N3CCN(CC)CC3)C2)CC1. The molecule has 0 aromatic rings. The van der Waals surface area contributed by atoms with Gasteiger partial charge in [-0.25, -0.2) is 0 Å². The summed E-state index contributed by atoms with van der Waals surface area (Å²) in [6.07, 6.45) is 2.84. The van der Waals surface area contributed by atoms with Crippen molar-refractivity contribution >= 4 is 0 Å². The Morgan fingerprint density at radius 2 is 1.29 bits per heavy atom. The number of hydrogen-bond donors (Lipinski definition) is 0. The lowest BCUT2D eigenvalue weighted by Gasteiger charge is -2.49. The number of hydrogen-bond acceptors (Lipinski definition) is 4. The molecule has 0 atom stereocenters. The Morgan fingerprint density at radius 1 is 0.714 bits per heavy atom. The van der Waals surface area contributed by atoms with Crippen molar-refractivity contribution in [2.45, 2.75) is 32.7 Å². The molecule has 4 nitrogen and oxygen atoms in total. The molecule has 122 valence electrons. The monoisotopic (exact) mass is 294 g/mol. The molecule has 0 aromatic carbocycles. The van der Waals surface area contributed by atoms with E-state index in [4.69, 9.17) is 0 Å². The molecule has 0 bridgehead atoms. The van der Waals surface area contributed by atoms with E-state index in [9.17, 15) is 0 Å². The number of nitrogens with zero attached hydrogens (tertiary/aromatic N) is 4. The molecule has 3 aliphatic heterocycles. The minimum atomic E-state index is 0.861. The molecular formula is C17H34N4. The summed E-state index contributed by atoms with van der Waals surface area (Å²) in [4.78, 5) is 10.6. The minimum absolute atomic E-state index is 0.861. The van der Waals surface area contributed by atoms with Gasteiger partial charge in [-0.3, -0.25) is 9.80 Å². The molecule has 0 aromatic heterocycles. The van der Waals surface area contributed by atoms with Crippen molar-refractivity contribution < 1.29 is 0 Å². The van der Waals surface area contributed by atoms with Crippen LogP contribution in [0.2, 0.25) is 0 Å². The first-order valence-electron chi connectivity index (χ1n) is 9.19. The third-order valence-corrected chi connectivity index (χ3v) is 5.98. The lowest BCUT2D eigenvalue weighted by atomic mass is 9.94. The van der Waals surface area contributed by atoms with Crippen LogP contribution in [-0.2, 0) is 0 Å². The first kappa shape index (κ1) is 15.7. The van der Waals surface area contributed by atoms with Crippen molar-refractivity contribution in [3.05, 3.63) is 0 Å². The molecule has 3 heterocycles. The van der Waals surface area contributed by atoms with Crippen molar-refractivity contribution in [3.63, 3.8) is 0 Å². The van der Waals surface area contributed by atoms with Gasteiger partial charge in [-0.1, -0.05) is 13.8 Å². The number of likely N-dealkylation sites (N-methyl/N-ethyl adjacent to an activating group) is 1. The molecule has 21 heavy (non-hydrogen) atoms. The van der Waals surface area contributed by atoms with E-state index in [1.54, 1.807) is 0 Å². The standard InChI is InChI=1S/C17H34N4/c1-3-18-7-5-16(6-8-18)13-20-14-17(15-20)21-11-9-19(4-2)10-12-21/h16-17H,3-15H2,1-2H3. The Labute approximate surface area is 131 Å². The van der Waals surface area contributed by atoms with E-state index >= 15 is 0 Å². The molecule has 3 rings (SSSR count). The largest absolute Gasteiger partial charge is 0.304 e. The normalized spacial score (nSPS) is 28.9. The molecule has 0 unspecified atom stereocenters. The molecule has 3 fully saturated rings. The van der Waals surface area contributed by atoms with Gasteiger partial charge in [0.2, 0.25) is 0 Å². The number of likely N-dealkylation sites (tertiary alicyclic amines) is 2. The lowest BCUT2D eigenvalue weighted by Crippen LogP contribution is -2.63. The highest BCUT2D eigenvalue weighted by Gasteiger charge is 2.34. The van der Waals surface area contributed by atoms with Crippen LogP contribution in [0.15, 0.2) is 0 Å². The summed E-state index contributed by atoms with van der Waals surface area (Å²) in [5.74, 6) is 0.964. The van der Waals surface area contributed by atoms with Gasteiger partial charge in [-0.05, 0) is 44.9 Å². The highest BCUT2D eigenvalue weighted by Crippen LogP contribution is 2.23.